The third-order valence-electron chi connectivity index (χ3n) is 3.68. The highest BCUT2D eigenvalue weighted by Crippen LogP contribution is 2.33. The fourth-order valence-corrected chi connectivity index (χ4v) is 2.72. The zero-order valence-corrected chi connectivity index (χ0v) is 9.21. The van der Waals surface area contributed by atoms with Gasteiger partial charge < -0.3 is 10.1 Å². The molecule has 1 saturated heterocycles. The van der Waals surface area contributed by atoms with E-state index in [2.05, 4.69) is 17.4 Å². The topological polar surface area (TPSA) is 21.3 Å². The molecule has 0 unspecified atom stereocenters. The molecule has 1 N–H and O–H groups in total. The minimum atomic E-state index is -0.231. The van der Waals surface area contributed by atoms with E-state index in [1.807, 2.05) is 6.07 Å². The lowest BCUT2D eigenvalue weighted by atomic mass is 9.88. The summed E-state index contributed by atoms with van der Waals surface area (Å²) < 4.78 is 18.3. The van der Waals surface area contributed by atoms with E-state index in [-0.39, 0.29) is 12.6 Å². The van der Waals surface area contributed by atoms with Crippen LogP contribution in [0.1, 0.15) is 17.0 Å². The Hall–Kier alpha value is -1.09. The number of rotatable bonds is 2. The van der Waals surface area contributed by atoms with Gasteiger partial charge in [-0.1, -0.05) is 12.1 Å². The molecule has 0 radical (unpaired) electrons. The van der Waals surface area contributed by atoms with E-state index in [0.29, 0.717) is 5.92 Å². The molecule has 16 heavy (non-hydrogen) atoms. The summed E-state index contributed by atoms with van der Waals surface area (Å²) in [5, 5.41) is 3.27. The quantitative estimate of drug-likeness (QED) is 0.823. The van der Waals surface area contributed by atoms with E-state index < -0.39 is 0 Å². The molecule has 0 spiro atoms. The molecule has 0 amide bonds. The van der Waals surface area contributed by atoms with Crippen molar-refractivity contribution in [2.24, 2.45) is 5.92 Å². The van der Waals surface area contributed by atoms with Crippen molar-refractivity contribution in [1.82, 2.24) is 5.32 Å². The Morgan fingerprint density at radius 2 is 2.31 bits per heavy atom. The van der Waals surface area contributed by atoms with Crippen molar-refractivity contribution in [2.45, 2.75) is 12.3 Å². The SMILES string of the molecule is FC[C@H]1CNC[C@@H]1c1ccc2c(c1)CCO2. The predicted octanol–water partition coefficient (Wildman–Crippen LogP) is 1.89. The number of alkyl halides is 1. The molecular weight excluding hydrogens is 205 g/mol. The van der Waals surface area contributed by atoms with Crippen molar-refractivity contribution >= 4 is 0 Å². The number of hydrogen-bond acceptors (Lipinski definition) is 2. The first kappa shape index (κ1) is 10.1. The molecule has 2 aliphatic heterocycles. The molecule has 0 aromatic heterocycles. The fourth-order valence-electron chi connectivity index (χ4n) is 2.72. The maximum atomic E-state index is 12.8. The summed E-state index contributed by atoms with van der Waals surface area (Å²) in [6.07, 6.45) is 0.990. The average molecular weight is 221 g/mol. The van der Waals surface area contributed by atoms with E-state index in [4.69, 9.17) is 4.74 Å². The van der Waals surface area contributed by atoms with Crippen LogP contribution in [-0.4, -0.2) is 26.4 Å². The Morgan fingerprint density at radius 3 is 3.19 bits per heavy atom. The molecule has 2 nitrogen and oxygen atoms in total. The van der Waals surface area contributed by atoms with Crippen molar-refractivity contribution < 1.29 is 9.13 Å². The largest absolute Gasteiger partial charge is 0.493 e. The highest BCUT2D eigenvalue weighted by molar-refractivity contribution is 5.41. The lowest BCUT2D eigenvalue weighted by molar-refractivity contribution is 0.355. The Kier molecular flexibility index (Phi) is 2.56. The first-order valence-corrected chi connectivity index (χ1v) is 5.91. The average Bonchev–Trinajstić information content (AvgIpc) is 2.96. The van der Waals surface area contributed by atoms with Gasteiger partial charge in [0, 0.05) is 31.3 Å². The van der Waals surface area contributed by atoms with Crippen LogP contribution in [0.3, 0.4) is 0 Å². The van der Waals surface area contributed by atoms with Crippen molar-refractivity contribution in [3.63, 3.8) is 0 Å². The number of hydrogen-bond donors (Lipinski definition) is 1. The Balaban J connectivity index is 1.89. The molecule has 1 aromatic rings. The summed E-state index contributed by atoms with van der Waals surface area (Å²) in [4.78, 5) is 0. The molecule has 0 aliphatic carbocycles. The van der Waals surface area contributed by atoms with E-state index in [1.165, 1.54) is 11.1 Å². The molecule has 3 heteroatoms. The lowest BCUT2D eigenvalue weighted by Crippen LogP contribution is -2.12. The number of halogens is 1. The smallest absolute Gasteiger partial charge is 0.122 e. The van der Waals surface area contributed by atoms with Crippen LogP contribution in [0.2, 0.25) is 0 Å². The minimum Gasteiger partial charge on any atom is -0.493 e. The minimum absolute atomic E-state index is 0.139. The van der Waals surface area contributed by atoms with E-state index in [0.717, 1.165) is 31.9 Å². The van der Waals surface area contributed by atoms with Gasteiger partial charge in [0.25, 0.3) is 0 Å². The zero-order chi connectivity index (χ0) is 11.0. The highest BCUT2D eigenvalue weighted by atomic mass is 19.1. The Bertz CT molecular complexity index is 394. The van der Waals surface area contributed by atoms with Crippen LogP contribution in [-0.2, 0) is 6.42 Å². The summed E-state index contributed by atoms with van der Waals surface area (Å²) in [6, 6.07) is 6.32. The number of benzene rings is 1. The predicted molar refractivity (Wildman–Crippen MR) is 60.7 cm³/mol. The second-order valence-electron chi connectivity index (χ2n) is 4.64. The van der Waals surface area contributed by atoms with Crippen molar-refractivity contribution in [1.29, 1.82) is 0 Å². The van der Waals surface area contributed by atoms with Crippen LogP contribution in [0, 0.1) is 5.92 Å². The van der Waals surface area contributed by atoms with Crippen molar-refractivity contribution in [3.8, 4) is 5.75 Å². The van der Waals surface area contributed by atoms with Gasteiger partial charge in [-0.3, -0.25) is 4.39 Å². The standard InChI is InChI=1S/C13H16FNO/c14-6-11-7-15-8-12(11)9-1-2-13-10(5-9)3-4-16-13/h1-2,5,11-12,15H,3-4,6-8H2/t11-,12+/m0/s1. The summed E-state index contributed by atoms with van der Waals surface area (Å²) >= 11 is 0. The number of nitrogens with one attached hydrogen (secondary N) is 1. The normalized spacial score (nSPS) is 27.8. The highest BCUT2D eigenvalue weighted by Gasteiger charge is 2.29. The van der Waals surface area contributed by atoms with Crippen molar-refractivity contribution in [3.05, 3.63) is 29.3 Å². The number of ether oxygens (including phenoxy) is 1. The lowest BCUT2D eigenvalue weighted by Gasteiger charge is -2.16. The molecule has 1 aromatic carbocycles. The maximum absolute atomic E-state index is 12.8. The Morgan fingerprint density at radius 1 is 1.38 bits per heavy atom. The molecule has 0 bridgehead atoms. The second kappa shape index (κ2) is 4.06. The third-order valence-corrected chi connectivity index (χ3v) is 3.68. The summed E-state index contributed by atoms with van der Waals surface area (Å²) in [5.41, 5.74) is 2.54. The molecule has 2 aliphatic rings. The zero-order valence-electron chi connectivity index (χ0n) is 9.21. The number of fused-ring (bicyclic) bond motifs is 1. The summed E-state index contributed by atoms with van der Waals surface area (Å²) in [6.45, 7) is 2.25. The van der Waals surface area contributed by atoms with E-state index in [9.17, 15) is 4.39 Å². The molecule has 3 rings (SSSR count). The van der Waals surface area contributed by atoms with Crippen LogP contribution in [0.15, 0.2) is 18.2 Å². The molecule has 2 atom stereocenters. The van der Waals surface area contributed by atoms with Gasteiger partial charge in [0.2, 0.25) is 0 Å². The van der Waals surface area contributed by atoms with Crippen LogP contribution >= 0.6 is 0 Å². The van der Waals surface area contributed by atoms with E-state index in [1.54, 1.807) is 0 Å². The second-order valence-corrected chi connectivity index (χ2v) is 4.64. The fraction of sp³-hybridized carbons (Fsp3) is 0.538. The van der Waals surface area contributed by atoms with Gasteiger partial charge in [0.1, 0.15) is 5.75 Å². The van der Waals surface area contributed by atoms with Crippen LogP contribution in [0.25, 0.3) is 0 Å². The maximum Gasteiger partial charge on any atom is 0.122 e. The first-order valence-electron chi connectivity index (χ1n) is 5.91. The van der Waals surface area contributed by atoms with Gasteiger partial charge in [-0.15, -0.1) is 0 Å². The van der Waals surface area contributed by atoms with Crippen LogP contribution in [0.5, 0.6) is 5.75 Å². The molecular formula is C13H16FNO. The first-order chi connectivity index (χ1) is 7.88. The summed E-state index contributed by atoms with van der Waals surface area (Å²) in [7, 11) is 0. The summed E-state index contributed by atoms with van der Waals surface area (Å²) in [5.74, 6) is 1.47. The third kappa shape index (κ3) is 1.59. The van der Waals surface area contributed by atoms with Gasteiger partial charge in [-0.2, -0.15) is 0 Å². The van der Waals surface area contributed by atoms with Gasteiger partial charge in [0.05, 0.1) is 13.3 Å². The van der Waals surface area contributed by atoms with Crippen LogP contribution < -0.4 is 10.1 Å². The van der Waals surface area contributed by atoms with Gasteiger partial charge in [0.15, 0.2) is 0 Å². The molecule has 86 valence electrons. The molecule has 1 fully saturated rings. The van der Waals surface area contributed by atoms with Gasteiger partial charge in [-0.25, -0.2) is 0 Å². The molecule has 0 saturated carbocycles. The Labute approximate surface area is 94.8 Å². The monoisotopic (exact) mass is 221 g/mol. The van der Waals surface area contributed by atoms with Gasteiger partial charge >= 0.3 is 0 Å². The van der Waals surface area contributed by atoms with Gasteiger partial charge in [-0.05, 0) is 17.2 Å². The van der Waals surface area contributed by atoms with E-state index >= 15 is 0 Å². The van der Waals surface area contributed by atoms with Crippen molar-refractivity contribution in [2.75, 3.05) is 26.4 Å². The molecule has 2 heterocycles. The van der Waals surface area contributed by atoms with Crippen LogP contribution in [0.4, 0.5) is 4.39 Å².